The fraction of sp³-hybridized carbons (Fsp3) is 0.143. The molecular weight excluding hydrogens is 382 g/mol. The molecule has 100 valence electrons. The van der Waals surface area contributed by atoms with Crippen LogP contribution in [0.5, 0.6) is 0 Å². The van der Waals surface area contributed by atoms with E-state index < -0.39 is 17.7 Å². The van der Waals surface area contributed by atoms with Gasteiger partial charge in [0.15, 0.2) is 11.6 Å². The van der Waals surface area contributed by atoms with Crippen molar-refractivity contribution in [1.29, 1.82) is 0 Å². The third-order valence-electron chi connectivity index (χ3n) is 2.83. The lowest BCUT2D eigenvalue weighted by atomic mass is 10.0. The molecule has 0 saturated carbocycles. The summed E-state index contributed by atoms with van der Waals surface area (Å²) in [6.45, 7) is 1.92. The van der Waals surface area contributed by atoms with Crippen LogP contribution in [0.1, 0.15) is 22.8 Å². The van der Waals surface area contributed by atoms with Crippen LogP contribution in [0, 0.1) is 18.6 Å². The van der Waals surface area contributed by atoms with E-state index >= 15 is 0 Å². The molecule has 0 aromatic heterocycles. The van der Waals surface area contributed by atoms with Gasteiger partial charge in [0.1, 0.15) is 6.10 Å². The second-order valence-corrected chi connectivity index (χ2v) is 5.91. The number of aliphatic hydroxyl groups excluding tert-OH is 1. The third kappa shape index (κ3) is 3.04. The van der Waals surface area contributed by atoms with Gasteiger partial charge in [0, 0.05) is 14.5 Å². The number of aliphatic hydroxyl groups is 1. The van der Waals surface area contributed by atoms with Gasteiger partial charge >= 0.3 is 0 Å². The van der Waals surface area contributed by atoms with E-state index in [4.69, 9.17) is 0 Å². The van der Waals surface area contributed by atoms with Gasteiger partial charge in [0.25, 0.3) is 0 Å². The van der Waals surface area contributed by atoms with Crippen LogP contribution in [0.25, 0.3) is 0 Å². The van der Waals surface area contributed by atoms with Gasteiger partial charge in [0.2, 0.25) is 0 Å². The predicted octanol–water partition coefficient (Wildman–Crippen LogP) is 4.88. The monoisotopic (exact) mass is 390 g/mol. The van der Waals surface area contributed by atoms with Crippen LogP contribution in [0.3, 0.4) is 0 Å². The van der Waals surface area contributed by atoms with Crippen LogP contribution < -0.4 is 0 Å². The summed E-state index contributed by atoms with van der Waals surface area (Å²) in [7, 11) is 0. The number of hydrogen-bond donors (Lipinski definition) is 1. The third-order valence-corrected chi connectivity index (χ3v) is 4.37. The molecule has 1 N–H and O–H groups in total. The van der Waals surface area contributed by atoms with Crippen LogP contribution in [0.4, 0.5) is 8.78 Å². The first-order valence-electron chi connectivity index (χ1n) is 5.48. The first kappa shape index (κ1) is 14.6. The van der Waals surface area contributed by atoms with Gasteiger partial charge in [-0.2, -0.15) is 0 Å². The Balaban J connectivity index is 2.46. The van der Waals surface area contributed by atoms with E-state index in [1.54, 1.807) is 6.07 Å². The lowest BCUT2D eigenvalue weighted by molar-refractivity contribution is 0.218. The van der Waals surface area contributed by atoms with Gasteiger partial charge in [0.05, 0.1) is 0 Å². The molecular formula is C14H10Br2F2O. The van der Waals surface area contributed by atoms with Crippen LogP contribution in [-0.2, 0) is 0 Å². The molecule has 0 saturated heterocycles. The maximum atomic E-state index is 13.2. The molecule has 1 unspecified atom stereocenters. The maximum Gasteiger partial charge on any atom is 0.159 e. The van der Waals surface area contributed by atoms with Crippen molar-refractivity contribution in [3.63, 3.8) is 0 Å². The Morgan fingerprint density at radius 1 is 1.00 bits per heavy atom. The molecule has 1 nitrogen and oxygen atoms in total. The van der Waals surface area contributed by atoms with E-state index in [1.165, 1.54) is 6.07 Å². The van der Waals surface area contributed by atoms with E-state index in [0.29, 0.717) is 15.6 Å². The molecule has 2 aromatic rings. The van der Waals surface area contributed by atoms with Gasteiger partial charge in [-0.1, -0.05) is 37.9 Å². The normalized spacial score (nSPS) is 12.5. The molecule has 0 radical (unpaired) electrons. The fourth-order valence-corrected chi connectivity index (χ4v) is 2.77. The predicted molar refractivity (Wildman–Crippen MR) is 77.0 cm³/mol. The lowest BCUT2D eigenvalue weighted by Crippen LogP contribution is -2.02. The molecule has 0 heterocycles. The largest absolute Gasteiger partial charge is 0.384 e. The highest BCUT2D eigenvalue weighted by atomic mass is 79.9. The number of aryl methyl sites for hydroxylation is 1. The number of hydrogen-bond acceptors (Lipinski definition) is 1. The van der Waals surface area contributed by atoms with Gasteiger partial charge in [-0.05, 0) is 42.3 Å². The number of halogens is 4. The van der Waals surface area contributed by atoms with E-state index in [9.17, 15) is 13.9 Å². The van der Waals surface area contributed by atoms with Crippen molar-refractivity contribution in [1.82, 2.24) is 0 Å². The summed E-state index contributed by atoms with van der Waals surface area (Å²) in [6.07, 6.45) is -1.03. The van der Waals surface area contributed by atoms with Gasteiger partial charge in [-0.3, -0.25) is 0 Å². The SMILES string of the molecule is Cc1cc(Br)c(C(O)c2ccc(F)c(F)c2)cc1Br. The van der Waals surface area contributed by atoms with Gasteiger partial charge in [-0.15, -0.1) is 0 Å². The van der Waals surface area contributed by atoms with E-state index in [2.05, 4.69) is 31.9 Å². The summed E-state index contributed by atoms with van der Waals surface area (Å²) in [4.78, 5) is 0. The minimum atomic E-state index is -1.03. The molecule has 0 bridgehead atoms. The van der Waals surface area contributed by atoms with Crippen molar-refractivity contribution in [2.24, 2.45) is 0 Å². The van der Waals surface area contributed by atoms with Gasteiger partial charge < -0.3 is 5.11 Å². The molecule has 0 fully saturated rings. The molecule has 1 atom stereocenters. The first-order valence-corrected chi connectivity index (χ1v) is 7.07. The maximum absolute atomic E-state index is 13.2. The molecule has 0 spiro atoms. The van der Waals surface area contributed by atoms with E-state index in [0.717, 1.165) is 22.2 Å². The Bertz CT molecular complexity index is 629. The molecule has 2 rings (SSSR count). The van der Waals surface area contributed by atoms with Crippen LogP contribution in [0.2, 0.25) is 0 Å². The lowest BCUT2D eigenvalue weighted by Gasteiger charge is -2.15. The average Bonchev–Trinajstić information content (AvgIpc) is 2.36. The van der Waals surface area contributed by atoms with E-state index in [-0.39, 0.29) is 0 Å². The van der Waals surface area contributed by atoms with Crippen LogP contribution in [0.15, 0.2) is 39.3 Å². The summed E-state index contributed by atoms with van der Waals surface area (Å²) < 4.78 is 27.6. The number of benzene rings is 2. The molecule has 0 aliphatic heterocycles. The highest BCUT2D eigenvalue weighted by Crippen LogP contribution is 2.33. The number of rotatable bonds is 2. The first-order chi connectivity index (χ1) is 8.90. The molecule has 0 aliphatic carbocycles. The van der Waals surface area contributed by atoms with Crippen molar-refractivity contribution in [3.8, 4) is 0 Å². The topological polar surface area (TPSA) is 20.2 Å². The molecule has 19 heavy (non-hydrogen) atoms. The summed E-state index contributed by atoms with van der Waals surface area (Å²) in [6, 6.07) is 6.97. The Hall–Kier alpha value is -0.780. The van der Waals surface area contributed by atoms with Crippen molar-refractivity contribution >= 4 is 31.9 Å². The molecule has 5 heteroatoms. The van der Waals surface area contributed by atoms with Crippen LogP contribution >= 0.6 is 31.9 Å². The Kier molecular flexibility index (Phi) is 4.38. The zero-order valence-electron chi connectivity index (χ0n) is 9.92. The zero-order chi connectivity index (χ0) is 14.2. The standard InChI is InChI=1S/C14H10Br2F2O/c1-7-4-11(16)9(6-10(7)15)14(19)8-2-3-12(17)13(18)5-8/h2-6,14,19H,1H3. The minimum Gasteiger partial charge on any atom is -0.384 e. The fourth-order valence-electron chi connectivity index (χ4n) is 1.73. The van der Waals surface area contributed by atoms with Crippen molar-refractivity contribution in [2.75, 3.05) is 0 Å². The highest BCUT2D eigenvalue weighted by molar-refractivity contribution is 9.11. The summed E-state index contributed by atoms with van der Waals surface area (Å²) >= 11 is 6.74. The summed E-state index contributed by atoms with van der Waals surface area (Å²) in [5, 5.41) is 10.3. The van der Waals surface area contributed by atoms with Crippen LogP contribution in [-0.4, -0.2) is 5.11 Å². The summed E-state index contributed by atoms with van der Waals surface area (Å²) in [5.41, 5.74) is 1.90. The second-order valence-electron chi connectivity index (χ2n) is 4.20. The van der Waals surface area contributed by atoms with Crippen molar-refractivity contribution in [2.45, 2.75) is 13.0 Å². The average molecular weight is 392 g/mol. The molecule has 0 amide bonds. The smallest absolute Gasteiger partial charge is 0.159 e. The minimum absolute atomic E-state index is 0.301. The zero-order valence-corrected chi connectivity index (χ0v) is 13.1. The Labute approximate surface area is 126 Å². The summed E-state index contributed by atoms with van der Waals surface area (Å²) in [5.74, 6) is -1.90. The van der Waals surface area contributed by atoms with Gasteiger partial charge in [-0.25, -0.2) is 8.78 Å². The Morgan fingerprint density at radius 3 is 2.32 bits per heavy atom. The van der Waals surface area contributed by atoms with Crippen molar-refractivity contribution in [3.05, 3.63) is 67.6 Å². The van der Waals surface area contributed by atoms with E-state index in [1.807, 2.05) is 13.0 Å². The quantitative estimate of drug-likeness (QED) is 0.773. The molecule has 0 aliphatic rings. The van der Waals surface area contributed by atoms with Crippen molar-refractivity contribution < 1.29 is 13.9 Å². The second kappa shape index (κ2) is 5.69. The highest BCUT2D eigenvalue weighted by Gasteiger charge is 2.17. The molecule has 2 aromatic carbocycles. The Morgan fingerprint density at radius 2 is 1.68 bits per heavy atom.